The minimum atomic E-state index is -0.782. The summed E-state index contributed by atoms with van der Waals surface area (Å²) in [5, 5.41) is 13.7. The Morgan fingerprint density at radius 3 is 2.63 bits per heavy atom. The average molecular weight is 416 g/mol. The third-order valence-electron chi connectivity index (χ3n) is 4.57. The molecule has 0 saturated heterocycles. The highest BCUT2D eigenvalue weighted by Crippen LogP contribution is 2.40. The van der Waals surface area contributed by atoms with E-state index in [9.17, 15) is 19.7 Å². The SMILES string of the molecule is COc1cc(C(=O)OCC(=O)Nc2c([N+](=O)[O-])ccc(C)c2C)cc2c1OCCO2. The number of carbonyl (C=O) groups excluding carboxylic acids is 2. The van der Waals surface area contributed by atoms with Crippen molar-refractivity contribution >= 4 is 23.3 Å². The van der Waals surface area contributed by atoms with Gasteiger partial charge in [-0.2, -0.15) is 0 Å². The summed E-state index contributed by atoms with van der Waals surface area (Å²) in [6, 6.07) is 5.76. The average Bonchev–Trinajstić information content (AvgIpc) is 2.74. The minimum absolute atomic E-state index is 0.0713. The lowest BCUT2D eigenvalue weighted by molar-refractivity contribution is -0.384. The number of anilines is 1. The Labute approximate surface area is 171 Å². The van der Waals surface area contributed by atoms with Crippen molar-refractivity contribution in [2.45, 2.75) is 13.8 Å². The van der Waals surface area contributed by atoms with Crippen molar-refractivity contribution in [2.24, 2.45) is 0 Å². The number of carbonyl (C=O) groups is 2. The number of ether oxygens (including phenoxy) is 4. The van der Waals surface area contributed by atoms with Crippen LogP contribution >= 0.6 is 0 Å². The quantitative estimate of drug-likeness (QED) is 0.433. The third kappa shape index (κ3) is 4.27. The standard InChI is InChI=1S/C20H20N2O8/c1-11-4-5-14(22(25)26)18(12(11)2)21-17(23)10-30-20(24)13-8-15(27-3)19-16(9-13)28-6-7-29-19/h4-5,8-9H,6-7,10H2,1-3H3,(H,21,23). The van der Waals surface area contributed by atoms with E-state index in [2.05, 4.69) is 5.32 Å². The Morgan fingerprint density at radius 1 is 1.20 bits per heavy atom. The molecular formula is C20H20N2O8. The van der Waals surface area contributed by atoms with Crippen molar-refractivity contribution in [3.05, 3.63) is 51.1 Å². The zero-order valence-electron chi connectivity index (χ0n) is 16.6. The van der Waals surface area contributed by atoms with E-state index >= 15 is 0 Å². The molecule has 0 aromatic heterocycles. The summed E-state index contributed by atoms with van der Waals surface area (Å²) in [4.78, 5) is 35.3. The van der Waals surface area contributed by atoms with Crippen LogP contribution in [0.2, 0.25) is 0 Å². The van der Waals surface area contributed by atoms with Gasteiger partial charge in [-0.3, -0.25) is 14.9 Å². The van der Waals surface area contributed by atoms with Crippen LogP contribution in [0.4, 0.5) is 11.4 Å². The first kappa shape index (κ1) is 20.9. The van der Waals surface area contributed by atoms with Gasteiger partial charge in [0.2, 0.25) is 5.75 Å². The Hall–Kier alpha value is -3.82. The number of esters is 1. The molecule has 1 aliphatic rings. The topological polar surface area (TPSA) is 126 Å². The monoisotopic (exact) mass is 416 g/mol. The number of aryl methyl sites for hydroxylation is 1. The van der Waals surface area contributed by atoms with Crippen LogP contribution in [0.15, 0.2) is 24.3 Å². The van der Waals surface area contributed by atoms with E-state index in [1.54, 1.807) is 19.9 Å². The van der Waals surface area contributed by atoms with Crippen molar-refractivity contribution in [1.82, 2.24) is 0 Å². The fraction of sp³-hybridized carbons (Fsp3) is 0.300. The molecule has 1 heterocycles. The van der Waals surface area contributed by atoms with E-state index in [-0.39, 0.29) is 16.9 Å². The fourth-order valence-corrected chi connectivity index (χ4v) is 2.89. The smallest absolute Gasteiger partial charge is 0.338 e. The summed E-state index contributed by atoms with van der Waals surface area (Å²) in [5.74, 6) is -0.460. The zero-order chi connectivity index (χ0) is 21.8. The number of amides is 1. The highest BCUT2D eigenvalue weighted by Gasteiger charge is 2.23. The Balaban J connectivity index is 1.71. The van der Waals surface area contributed by atoms with E-state index in [0.29, 0.717) is 36.0 Å². The molecule has 10 heteroatoms. The fourth-order valence-electron chi connectivity index (χ4n) is 2.89. The molecule has 2 aromatic carbocycles. The number of benzene rings is 2. The minimum Gasteiger partial charge on any atom is -0.493 e. The van der Waals surface area contributed by atoms with E-state index in [1.165, 1.54) is 25.3 Å². The lowest BCUT2D eigenvalue weighted by Gasteiger charge is -2.21. The zero-order valence-corrected chi connectivity index (χ0v) is 16.6. The summed E-state index contributed by atoms with van der Waals surface area (Å²) in [6.45, 7) is 3.49. The highest BCUT2D eigenvalue weighted by molar-refractivity contribution is 5.98. The second-order valence-electron chi connectivity index (χ2n) is 6.49. The van der Waals surface area contributed by atoms with Gasteiger partial charge in [-0.1, -0.05) is 6.07 Å². The van der Waals surface area contributed by atoms with Crippen LogP contribution < -0.4 is 19.5 Å². The molecule has 0 atom stereocenters. The molecule has 0 bridgehead atoms. The number of fused-ring (bicyclic) bond motifs is 1. The van der Waals surface area contributed by atoms with E-state index < -0.39 is 23.4 Å². The first-order valence-electron chi connectivity index (χ1n) is 9.01. The van der Waals surface area contributed by atoms with Gasteiger partial charge < -0.3 is 24.3 Å². The molecule has 10 nitrogen and oxygen atoms in total. The second kappa shape index (κ2) is 8.68. The lowest BCUT2D eigenvalue weighted by atomic mass is 10.1. The van der Waals surface area contributed by atoms with Crippen molar-refractivity contribution in [3.8, 4) is 17.2 Å². The van der Waals surface area contributed by atoms with Crippen LogP contribution in [0, 0.1) is 24.0 Å². The maximum absolute atomic E-state index is 12.4. The first-order chi connectivity index (χ1) is 14.3. The van der Waals surface area contributed by atoms with E-state index in [4.69, 9.17) is 18.9 Å². The molecule has 0 saturated carbocycles. The van der Waals surface area contributed by atoms with Gasteiger partial charge >= 0.3 is 5.97 Å². The molecule has 0 unspecified atom stereocenters. The molecule has 3 rings (SSSR count). The summed E-state index contributed by atoms with van der Waals surface area (Å²) in [5.41, 5.74) is 1.27. The number of hydrogen-bond donors (Lipinski definition) is 1. The van der Waals surface area contributed by atoms with Gasteiger partial charge in [-0.25, -0.2) is 4.79 Å². The van der Waals surface area contributed by atoms with Crippen LogP contribution in [0.25, 0.3) is 0 Å². The van der Waals surface area contributed by atoms with Crippen LogP contribution in [0.5, 0.6) is 17.2 Å². The molecule has 30 heavy (non-hydrogen) atoms. The molecular weight excluding hydrogens is 396 g/mol. The maximum atomic E-state index is 12.4. The predicted molar refractivity (Wildman–Crippen MR) is 105 cm³/mol. The van der Waals surface area contributed by atoms with Gasteiger partial charge in [0.25, 0.3) is 11.6 Å². The first-order valence-corrected chi connectivity index (χ1v) is 9.01. The molecule has 0 radical (unpaired) electrons. The molecule has 2 aromatic rings. The second-order valence-corrected chi connectivity index (χ2v) is 6.49. The van der Waals surface area contributed by atoms with Crippen molar-refractivity contribution < 1.29 is 33.5 Å². The number of rotatable bonds is 6. The van der Waals surface area contributed by atoms with Gasteiger partial charge in [0.05, 0.1) is 17.6 Å². The highest BCUT2D eigenvalue weighted by atomic mass is 16.6. The number of methoxy groups -OCH3 is 1. The predicted octanol–water partition coefficient (Wildman–Crippen LogP) is 2.79. The summed E-state index contributed by atoms with van der Waals surface area (Å²) in [7, 11) is 1.42. The van der Waals surface area contributed by atoms with Gasteiger partial charge in [-0.15, -0.1) is 0 Å². The van der Waals surface area contributed by atoms with E-state index in [1.807, 2.05) is 0 Å². The molecule has 1 aliphatic heterocycles. The number of nitro benzene ring substituents is 1. The molecule has 0 fully saturated rings. The normalized spacial score (nSPS) is 12.1. The van der Waals surface area contributed by atoms with Crippen molar-refractivity contribution in [3.63, 3.8) is 0 Å². The third-order valence-corrected chi connectivity index (χ3v) is 4.57. The molecule has 0 aliphatic carbocycles. The Bertz CT molecular complexity index is 1000. The van der Waals surface area contributed by atoms with Gasteiger partial charge in [-0.05, 0) is 37.1 Å². The molecule has 1 N–H and O–H groups in total. The van der Waals surface area contributed by atoms with E-state index in [0.717, 1.165) is 5.56 Å². The summed E-state index contributed by atoms with van der Waals surface area (Å²) < 4.78 is 21.2. The summed E-state index contributed by atoms with van der Waals surface area (Å²) in [6.07, 6.45) is 0. The molecule has 158 valence electrons. The number of nitrogens with one attached hydrogen (secondary N) is 1. The van der Waals surface area contributed by atoms with Gasteiger partial charge in [0.1, 0.15) is 18.9 Å². The number of hydrogen-bond acceptors (Lipinski definition) is 8. The molecule has 1 amide bonds. The van der Waals surface area contributed by atoms with Gasteiger partial charge in [0, 0.05) is 6.07 Å². The molecule has 0 spiro atoms. The maximum Gasteiger partial charge on any atom is 0.338 e. The van der Waals surface area contributed by atoms with Crippen LogP contribution in [-0.4, -0.2) is 43.7 Å². The van der Waals surface area contributed by atoms with Crippen LogP contribution in [0.3, 0.4) is 0 Å². The van der Waals surface area contributed by atoms with Crippen LogP contribution in [0.1, 0.15) is 21.5 Å². The van der Waals surface area contributed by atoms with Gasteiger partial charge in [0.15, 0.2) is 18.1 Å². The largest absolute Gasteiger partial charge is 0.493 e. The lowest BCUT2D eigenvalue weighted by Crippen LogP contribution is -2.22. The Morgan fingerprint density at radius 2 is 1.93 bits per heavy atom. The Kier molecular flexibility index (Phi) is 6.05. The number of nitrogens with zero attached hydrogens (tertiary/aromatic N) is 1. The summed E-state index contributed by atoms with van der Waals surface area (Å²) >= 11 is 0. The van der Waals surface area contributed by atoms with Crippen molar-refractivity contribution in [2.75, 3.05) is 32.2 Å². The van der Waals surface area contributed by atoms with Crippen molar-refractivity contribution in [1.29, 1.82) is 0 Å². The van der Waals surface area contributed by atoms with Crippen LogP contribution in [-0.2, 0) is 9.53 Å². The number of nitro groups is 1.